The van der Waals surface area contributed by atoms with Crippen molar-refractivity contribution >= 4 is 33.3 Å². The normalized spacial score (nSPS) is 13.5. The molecule has 0 saturated carbocycles. The van der Waals surface area contributed by atoms with Crippen molar-refractivity contribution in [2.45, 2.75) is 39.3 Å². The van der Waals surface area contributed by atoms with Crippen LogP contribution in [0.25, 0.3) is 10.2 Å². The quantitative estimate of drug-likeness (QED) is 0.616. The topological polar surface area (TPSA) is 95.3 Å². The van der Waals surface area contributed by atoms with Gasteiger partial charge in [0.1, 0.15) is 16.5 Å². The number of carboxylic acid groups (broad SMARTS) is 1. The zero-order chi connectivity index (χ0) is 18.8. The van der Waals surface area contributed by atoms with Gasteiger partial charge in [-0.2, -0.15) is 0 Å². The number of hydrogen-bond donors (Lipinski definition) is 3. The SMILES string of the molecule is Cc1sc2nc(Cc3ccccc3)nc(NC(C(=O)O)C(C)O)c2c1C. The smallest absolute Gasteiger partial charge is 0.328 e. The maximum Gasteiger partial charge on any atom is 0.328 e. The lowest BCUT2D eigenvalue weighted by Crippen LogP contribution is -2.39. The highest BCUT2D eigenvalue weighted by Crippen LogP contribution is 2.34. The Morgan fingerprint density at radius 3 is 2.54 bits per heavy atom. The first-order valence-electron chi connectivity index (χ1n) is 8.34. The zero-order valence-electron chi connectivity index (χ0n) is 14.9. The number of rotatable bonds is 6. The number of carbonyl (C=O) groups is 1. The van der Waals surface area contributed by atoms with E-state index < -0.39 is 18.1 Å². The summed E-state index contributed by atoms with van der Waals surface area (Å²) in [5.74, 6) is -0.0563. The predicted octanol–water partition coefficient (Wildman–Crippen LogP) is 3.14. The van der Waals surface area contributed by atoms with Gasteiger partial charge >= 0.3 is 5.97 Å². The third kappa shape index (κ3) is 3.68. The van der Waals surface area contributed by atoms with Crippen molar-refractivity contribution in [1.29, 1.82) is 0 Å². The Bertz CT molecular complexity index is 938. The van der Waals surface area contributed by atoms with Crippen molar-refractivity contribution in [2.24, 2.45) is 0 Å². The molecule has 3 aromatic rings. The van der Waals surface area contributed by atoms with E-state index >= 15 is 0 Å². The number of aliphatic hydroxyl groups excluding tert-OH is 1. The third-order valence-electron chi connectivity index (χ3n) is 4.32. The molecule has 7 heteroatoms. The summed E-state index contributed by atoms with van der Waals surface area (Å²) in [5, 5.41) is 22.9. The van der Waals surface area contributed by atoms with Gasteiger partial charge in [0.15, 0.2) is 6.04 Å². The highest BCUT2D eigenvalue weighted by atomic mass is 32.1. The van der Waals surface area contributed by atoms with Crippen LogP contribution in [0, 0.1) is 13.8 Å². The average Bonchev–Trinajstić information content (AvgIpc) is 2.87. The van der Waals surface area contributed by atoms with Crippen LogP contribution in [0.4, 0.5) is 5.82 Å². The number of fused-ring (bicyclic) bond motifs is 1. The molecule has 26 heavy (non-hydrogen) atoms. The number of thiophene rings is 1. The lowest BCUT2D eigenvalue weighted by atomic mass is 10.1. The first kappa shape index (κ1) is 18.3. The second kappa shape index (κ2) is 7.39. The Balaban J connectivity index is 2.08. The molecule has 2 aromatic heterocycles. The lowest BCUT2D eigenvalue weighted by molar-refractivity contribution is -0.140. The van der Waals surface area contributed by atoms with Crippen molar-refractivity contribution in [2.75, 3.05) is 5.32 Å². The maximum absolute atomic E-state index is 11.5. The first-order valence-corrected chi connectivity index (χ1v) is 9.16. The van der Waals surface area contributed by atoms with Gasteiger partial charge in [0, 0.05) is 11.3 Å². The summed E-state index contributed by atoms with van der Waals surface area (Å²) in [6.07, 6.45) is -0.511. The molecular formula is C19H21N3O3S. The Morgan fingerprint density at radius 1 is 1.23 bits per heavy atom. The molecule has 6 nitrogen and oxygen atoms in total. The van der Waals surface area contributed by atoms with E-state index in [0.717, 1.165) is 26.2 Å². The van der Waals surface area contributed by atoms with E-state index in [1.807, 2.05) is 44.2 Å². The molecule has 136 valence electrons. The molecule has 0 saturated heterocycles. The molecule has 0 fully saturated rings. The van der Waals surface area contributed by atoms with Crippen molar-refractivity contribution in [1.82, 2.24) is 9.97 Å². The summed E-state index contributed by atoms with van der Waals surface area (Å²) < 4.78 is 0. The molecule has 2 atom stereocenters. The lowest BCUT2D eigenvalue weighted by Gasteiger charge is -2.19. The van der Waals surface area contributed by atoms with Crippen LogP contribution in [-0.4, -0.2) is 38.3 Å². The fourth-order valence-electron chi connectivity index (χ4n) is 2.79. The average molecular weight is 371 g/mol. The van der Waals surface area contributed by atoms with E-state index in [-0.39, 0.29) is 0 Å². The minimum absolute atomic E-state index is 0.455. The molecule has 0 radical (unpaired) electrons. The standard InChI is InChI=1S/C19H21N3O3S/c1-10-12(3)26-18-15(10)17(22-16(11(2)23)19(24)25)20-14(21-18)9-13-7-5-4-6-8-13/h4-8,11,16,23H,9H2,1-3H3,(H,24,25)(H,20,21,22). The summed E-state index contributed by atoms with van der Waals surface area (Å²) >= 11 is 1.56. The predicted molar refractivity (Wildman–Crippen MR) is 103 cm³/mol. The summed E-state index contributed by atoms with van der Waals surface area (Å²) in [7, 11) is 0. The van der Waals surface area contributed by atoms with Gasteiger partial charge in [0.25, 0.3) is 0 Å². The van der Waals surface area contributed by atoms with Gasteiger partial charge in [0.05, 0.1) is 11.5 Å². The molecule has 0 aliphatic rings. The summed E-state index contributed by atoms with van der Waals surface area (Å²) in [6, 6.07) is 8.73. The number of aliphatic hydroxyl groups is 1. The van der Waals surface area contributed by atoms with Crippen LogP contribution in [0.15, 0.2) is 30.3 Å². The van der Waals surface area contributed by atoms with E-state index in [1.165, 1.54) is 6.92 Å². The van der Waals surface area contributed by atoms with Crippen molar-refractivity contribution < 1.29 is 15.0 Å². The molecule has 3 N–H and O–H groups in total. The minimum atomic E-state index is -1.14. The number of anilines is 1. The van der Waals surface area contributed by atoms with Crippen LogP contribution < -0.4 is 5.32 Å². The van der Waals surface area contributed by atoms with Gasteiger partial charge < -0.3 is 15.5 Å². The number of aromatic nitrogens is 2. The van der Waals surface area contributed by atoms with E-state index in [1.54, 1.807) is 11.3 Å². The molecule has 2 heterocycles. The van der Waals surface area contributed by atoms with Gasteiger partial charge in [-0.15, -0.1) is 11.3 Å². The Kier molecular flexibility index (Phi) is 5.20. The highest BCUT2D eigenvalue weighted by Gasteiger charge is 2.25. The Morgan fingerprint density at radius 2 is 1.92 bits per heavy atom. The van der Waals surface area contributed by atoms with E-state index in [2.05, 4.69) is 15.3 Å². The van der Waals surface area contributed by atoms with Crippen LogP contribution in [0.3, 0.4) is 0 Å². The van der Waals surface area contributed by atoms with Crippen LogP contribution in [0.1, 0.15) is 28.8 Å². The summed E-state index contributed by atoms with van der Waals surface area (Å²) in [5.41, 5.74) is 2.10. The second-order valence-corrected chi connectivity index (χ2v) is 7.52. The van der Waals surface area contributed by atoms with Crippen molar-refractivity contribution in [3.05, 3.63) is 52.2 Å². The summed E-state index contributed by atoms with van der Waals surface area (Å²) in [4.78, 5) is 22.7. The fraction of sp³-hybridized carbons (Fsp3) is 0.316. The van der Waals surface area contributed by atoms with Crippen molar-refractivity contribution in [3.63, 3.8) is 0 Å². The second-order valence-electron chi connectivity index (χ2n) is 6.32. The van der Waals surface area contributed by atoms with Crippen LogP contribution in [-0.2, 0) is 11.2 Å². The number of nitrogens with zero attached hydrogens (tertiary/aromatic N) is 2. The molecule has 0 amide bonds. The maximum atomic E-state index is 11.5. The number of hydrogen-bond acceptors (Lipinski definition) is 6. The molecular weight excluding hydrogens is 350 g/mol. The summed E-state index contributed by atoms with van der Waals surface area (Å²) in [6.45, 7) is 5.42. The van der Waals surface area contributed by atoms with E-state index in [0.29, 0.717) is 18.1 Å². The molecule has 3 rings (SSSR count). The number of aliphatic carboxylic acids is 1. The Labute approximate surface area is 155 Å². The van der Waals surface area contributed by atoms with Crippen molar-refractivity contribution in [3.8, 4) is 0 Å². The number of benzene rings is 1. The van der Waals surface area contributed by atoms with Gasteiger partial charge in [-0.05, 0) is 31.9 Å². The number of nitrogens with one attached hydrogen (secondary N) is 1. The van der Waals surface area contributed by atoms with Crippen LogP contribution in [0.5, 0.6) is 0 Å². The van der Waals surface area contributed by atoms with Gasteiger partial charge in [-0.25, -0.2) is 14.8 Å². The monoisotopic (exact) mass is 371 g/mol. The largest absolute Gasteiger partial charge is 0.480 e. The molecule has 0 bridgehead atoms. The molecule has 2 unspecified atom stereocenters. The first-order chi connectivity index (χ1) is 12.4. The third-order valence-corrected chi connectivity index (χ3v) is 5.42. The van der Waals surface area contributed by atoms with Gasteiger partial charge in [-0.3, -0.25) is 0 Å². The molecule has 0 aliphatic carbocycles. The fourth-order valence-corrected chi connectivity index (χ4v) is 3.84. The molecule has 0 aliphatic heterocycles. The van der Waals surface area contributed by atoms with Gasteiger partial charge in [0.2, 0.25) is 0 Å². The van der Waals surface area contributed by atoms with Crippen LogP contribution in [0.2, 0.25) is 0 Å². The molecule has 1 aromatic carbocycles. The van der Waals surface area contributed by atoms with Crippen LogP contribution >= 0.6 is 11.3 Å². The van der Waals surface area contributed by atoms with Gasteiger partial charge in [-0.1, -0.05) is 30.3 Å². The molecule has 0 spiro atoms. The Hall–Kier alpha value is -2.51. The van der Waals surface area contributed by atoms with E-state index in [4.69, 9.17) is 0 Å². The minimum Gasteiger partial charge on any atom is -0.480 e. The number of carboxylic acids is 1. The zero-order valence-corrected chi connectivity index (χ0v) is 15.7. The number of aryl methyl sites for hydroxylation is 2. The van der Waals surface area contributed by atoms with E-state index in [9.17, 15) is 15.0 Å². The highest BCUT2D eigenvalue weighted by molar-refractivity contribution is 7.18.